The van der Waals surface area contributed by atoms with E-state index in [-0.39, 0.29) is 22.8 Å². The Morgan fingerprint density at radius 1 is 1.19 bits per heavy atom. The Hall–Kier alpha value is -2.35. The van der Waals surface area contributed by atoms with Crippen LogP contribution in [-0.2, 0) is 6.42 Å². The summed E-state index contributed by atoms with van der Waals surface area (Å²) in [5.41, 5.74) is 6.28. The number of nitrogens with one attached hydrogen (secondary N) is 2. The van der Waals surface area contributed by atoms with Crippen LogP contribution in [0, 0.1) is 5.82 Å². The van der Waals surface area contributed by atoms with E-state index in [1.807, 2.05) is 6.92 Å². The van der Waals surface area contributed by atoms with Crippen LogP contribution in [0.15, 0.2) is 24.3 Å². The molecule has 1 heterocycles. The summed E-state index contributed by atoms with van der Waals surface area (Å²) in [4.78, 5) is 12.2. The third-order valence-corrected chi connectivity index (χ3v) is 2.70. The van der Waals surface area contributed by atoms with Gasteiger partial charge in [0.25, 0.3) is 0 Å². The molecule has 21 heavy (non-hydrogen) atoms. The molecule has 0 bridgehead atoms. The van der Waals surface area contributed by atoms with Crippen LogP contribution in [0.4, 0.5) is 22.0 Å². The van der Waals surface area contributed by atoms with Crippen molar-refractivity contribution in [1.82, 2.24) is 15.0 Å². The molecule has 110 valence electrons. The van der Waals surface area contributed by atoms with Crippen molar-refractivity contribution in [1.29, 1.82) is 0 Å². The smallest absolute Gasteiger partial charge is 0.234 e. The molecule has 0 aliphatic rings. The Morgan fingerprint density at radius 2 is 1.90 bits per heavy atom. The maximum atomic E-state index is 12.8. The van der Waals surface area contributed by atoms with Crippen molar-refractivity contribution in [2.75, 3.05) is 16.4 Å². The van der Waals surface area contributed by atoms with E-state index in [1.165, 1.54) is 12.1 Å². The van der Waals surface area contributed by atoms with Gasteiger partial charge >= 0.3 is 0 Å². The number of aromatic nitrogens is 3. The van der Waals surface area contributed by atoms with E-state index in [2.05, 4.69) is 25.6 Å². The lowest BCUT2D eigenvalue weighted by atomic mass is 10.3. The van der Waals surface area contributed by atoms with Crippen LogP contribution in [0.2, 0.25) is 0 Å². The van der Waals surface area contributed by atoms with E-state index in [0.29, 0.717) is 17.9 Å². The topological polar surface area (TPSA) is 88.8 Å². The standard InChI is InChI=1S/C13H15FN6S/c1-2-3-10-17-11(15)19-12(18-10)20-13(21)16-9-6-4-8(14)5-7-9/h4-7H,2-3H2,1H3,(H4,15,16,17,18,19,20,21). The number of halogens is 1. The summed E-state index contributed by atoms with van der Waals surface area (Å²) in [5.74, 6) is 0.719. The van der Waals surface area contributed by atoms with Gasteiger partial charge in [0.1, 0.15) is 11.6 Å². The van der Waals surface area contributed by atoms with Crippen LogP contribution < -0.4 is 16.4 Å². The van der Waals surface area contributed by atoms with E-state index >= 15 is 0 Å². The molecule has 0 radical (unpaired) electrons. The van der Waals surface area contributed by atoms with E-state index in [0.717, 1.165) is 6.42 Å². The summed E-state index contributed by atoms with van der Waals surface area (Å²) in [5, 5.41) is 6.02. The van der Waals surface area contributed by atoms with Crippen molar-refractivity contribution in [3.8, 4) is 0 Å². The van der Waals surface area contributed by atoms with Crippen LogP contribution in [-0.4, -0.2) is 20.1 Å². The zero-order chi connectivity index (χ0) is 15.2. The quantitative estimate of drug-likeness (QED) is 0.747. The molecule has 0 saturated carbocycles. The molecule has 0 amide bonds. The van der Waals surface area contributed by atoms with Gasteiger partial charge in [0.15, 0.2) is 5.11 Å². The van der Waals surface area contributed by atoms with Gasteiger partial charge in [-0.3, -0.25) is 0 Å². The van der Waals surface area contributed by atoms with Gasteiger partial charge in [0, 0.05) is 12.1 Å². The van der Waals surface area contributed by atoms with Crippen LogP contribution in [0.1, 0.15) is 19.2 Å². The molecule has 2 rings (SSSR count). The third-order valence-electron chi connectivity index (χ3n) is 2.50. The number of thiocarbonyl (C=S) groups is 1. The van der Waals surface area contributed by atoms with Gasteiger partial charge in [-0.05, 0) is 42.9 Å². The molecule has 1 aromatic heterocycles. The van der Waals surface area contributed by atoms with Crippen LogP contribution >= 0.6 is 12.2 Å². The lowest BCUT2D eigenvalue weighted by Gasteiger charge is -2.10. The van der Waals surface area contributed by atoms with Crippen molar-refractivity contribution in [3.63, 3.8) is 0 Å². The number of nitrogens with zero attached hydrogens (tertiary/aromatic N) is 3. The first-order chi connectivity index (χ1) is 10.1. The number of hydrogen-bond donors (Lipinski definition) is 3. The summed E-state index contributed by atoms with van der Waals surface area (Å²) < 4.78 is 12.8. The molecule has 1 aromatic carbocycles. The minimum Gasteiger partial charge on any atom is -0.368 e. The summed E-state index contributed by atoms with van der Waals surface area (Å²) in [7, 11) is 0. The lowest BCUT2D eigenvalue weighted by molar-refractivity contribution is 0.628. The Labute approximate surface area is 127 Å². The normalized spacial score (nSPS) is 10.2. The zero-order valence-electron chi connectivity index (χ0n) is 11.4. The molecule has 0 spiro atoms. The van der Waals surface area contributed by atoms with E-state index in [1.54, 1.807) is 12.1 Å². The maximum Gasteiger partial charge on any atom is 0.234 e. The zero-order valence-corrected chi connectivity index (χ0v) is 12.2. The first kappa shape index (κ1) is 15.0. The summed E-state index contributed by atoms with van der Waals surface area (Å²) in [6, 6.07) is 5.83. The number of nitrogens with two attached hydrogens (primary N) is 1. The second kappa shape index (κ2) is 6.89. The monoisotopic (exact) mass is 306 g/mol. The average molecular weight is 306 g/mol. The SMILES string of the molecule is CCCc1nc(N)nc(NC(=S)Nc2ccc(F)cc2)n1. The van der Waals surface area contributed by atoms with Gasteiger partial charge in [0.05, 0.1) is 0 Å². The molecule has 0 aliphatic carbocycles. The molecule has 0 unspecified atom stereocenters. The second-order valence-electron chi connectivity index (χ2n) is 4.27. The predicted octanol–water partition coefficient (Wildman–Crippen LogP) is 2.35. The van der Waals surface area contributed by atoms with Gasteiger partial charge in [-0.1, -0.05) is 6.92 Å². The number of aryl methyl sites for hydroxylation is 1. The molecule has 0 fully saturated rings. The molecule has 0 atom stereocenters. The second-order valence-corrected chi connectivity index (χ2v) is 4.68. The highest BCUT2D eigenvalue weighted by Gasteiger charge is 2.06. The van der Waals surface area contributed by atoms with Gasteiger partial charge in [-0.2, -0.15) is 15.0 Å². The Balaban J connectivity index is 2.03. The van der Waals surface area contributed by atoms with E-state index in [9.17, 15) is 4.39 Å². The fourth-order valence-corrected chi connectivity index (χ4v) is 1.84. The molecule has 0 saturated heterocycles. The number of benzene rings is 1. The minimum absolute atomic E-state index is 0.139. The summed E-state index contributed by atoms with van der Waals surface area (Å²) in [6.07, 6.45) is 1.61. The fraction of sp³-hybridized carbons (Fsp3) is 0.231. The Kier molecular flexibility index (Phi) is 4.94. The van der Waals surface area contributed by atoms with Crippen molar-refractivity contribution in [2.24, 2.45) is 0 Å². The van der Waals surface area contributed by atoms with Gasteiger partial charge in [-0.15, -0.1) is 0 Å². The van der Waals surface area contributed by atoms with Crippen molar-refractivity contribution in [3.05, 3.63) is 35.9 Å². The fourth-order valence-electron chi connectivity index (χ4n) is 1.63. The van der Waals surface area contributed by atoms with Crippen molar-refractivity contribution < 1.29 is 4.39 Å². The number of anilines is 3. The number of rotatable bonds is 4. The summed E-state index contributed by atoms with van der Waals surface area (Å²) >= 11 is 5.14. The molecule has 8 heteroatoms. The summed E-state index contributed by atoms with van der Waals surface area (Å²) in [6.45, 7) is 2.02. The highest BCUT2D eigenvalue weighted by Crippen LogP contribution is 2.10. The molecule has 4 N–H and O–H groups in total. The third kappa shape index (κ3) is 4.60. The van der Waals surface area contributed by atoms with Gasteiger partial charge < -0.3 is 16.4 Å². The van der Waals surface area contributed by atoms with Gasteiger partial charge in [-0.25, -0.2) is 4.39 Å². The minimum atomic E-state index is -0.311. The van der Waals surface area contributed by atoms with E-state index in [4.69, 9.17) is 18.0 Å². The highest BCUT2D eigenvalue weighted by molar-refractivity contribution is 7.80. The first-order valence-electron chi connectivity index (χ1n) is 6.41. The molecular formula is C13H15FN6S. The first-order valence-corrected chi connectivity index (χ1v) is 6.81. The van der Waals surface area contributed by atoms with Crippen LogP contribution in [0.25, 0.3) is 0 Å². The van der Waals surface area contributed by atoms with Gasteiger partial charge in [0.2, 0.25) is 11.9 Å². The van der Waals surface area contributed by atoms with Crippen molar-refractivity contribution >= 4 is 34.9 Å². The number of nitrogen functional groups attached to an aromatic ring is 1. The molecular weight excluding hydrogens is 291 g/mol. The molecule has 0 aliphatic heterocycles. The largest absolute Gasteiger partial charge is 0.368 e. The Bertz CT molecular complexity index is 631. The van der Waals surface area contributed by atoms with Crippen molar-refractivity contribution in [2.45, 2.75) is 19.8 Å². The maximum absolute atomic E-state index is 12.8. The average Bonchev–Trinajstić information content (AvgIpc) is 2.41. The lowest BCUT2D eigenvalue weighted by Crippen LogP contribution is -2.21. The van der Waals surface area contributed by atoms with E-state index < -0.39 is 0 Å². The Morgan fingerprint density at radius 3 is 2.57 bits per heavy atom. The highest BCUT2D eigenvalue weighted by atomic mass is 32.1. The molecule has 2 aromatic rings. The van der Waals surface area contributed by atoms with Crippen LogP contribution in [0.3, 0.4) is 0 Å². The predicted molar refractivity (Wildman–Crippen MR) is 84.5 cm³/mol. The number of hydrogen-bond acceptors (Lipinski definition) is 5. The van der Waals surface area contributed by atoms with Crippen LogP contribution in [0.5, 0.6) is 0 Å². The molecule has 6 nitrogen and oxygen atoms in total.